The van der Waals surface area contributed by atoms with Gasteiger partial charge in [-0.25, -0.2) is 0 Å². The molecule has 0 saturated heterocycles. The molecule has 0 nitrogen and oxygen atoms in total. The third kappa shape index (κ3) is 4.69. The lowest BCUT2D eigenvalue weighted by atomic mass is 9.77. The highest BCUT2D eigenvalue weighted by Gasteiger charge is 2.41. The normalized spacial score (nSPS) is 14.5. The molecule has 10 aromatic rings. The molecule has 0 unspecified atom stereocenters. The van der Waals surface area contributed by atoms with E-state index in [9.17, 15) is 0 Å². The van der Waals surface area contributed by atoms with Crippen LogP contribution in [0.4, 0.5) is 0 Å². The molecule has 0 spiro atoms. The van der Waals surface area contributed by atoms with Crippen LogP contribution in [0.3, 0.4) is 0 Å². The average molecular weight is 739 g/mol. The van der Waals surface area contributed by atoms with Gasteiger partial charge in [-0.2, -0.15) is 0 Å². The first-order chi connectivity index (χ1) is 28.2. The molecule has 274 valence electrons. The van der Waals surface area contributed by atoms with Crippen molar-refractivity contribution < 1.29 is 0 Å². The van der Waals surface area contributed by atoms with Crippen LogP contribution in [0.2, 0.25) is 0 Å². The van der Waals surface area contributed by atoms with Crippen LogP contribution in [-0.4, -0.2) is 0 Å². The van der Waals surface area contributed by atoms with E-state index in [-0.39, 0.29) is 10.8 Å². The highest BCUT2D eigenvalue weighted by atomic mass is 14.4. The summed E-state index contributed by atoms with van der Waals surface area (Å²) in [4.78, 5) is 0. The van der Waals surface area contributed by atoms with Gasteiger partial charge in [0.2, 0.25) is 0 Å². The summed E-state index contributed by atoms with van der Waals surface area (Å²) in [6.45, 7) is 9.56. The van der Waals surface area contributed by atoms with E-state index < -0.39 is 0 Å². The molecule has 0 saturated carbocycles. The maximum Gasteiger partial charge on any atom is 0.0158 e. The maximum atomic E-state index is 2.53. The first-order valence-electron chi connectivity index (χ1n) is 20.7. The van der Waals surface area contributed by atoms with Gasteiger partial charge < -0.3 is 0 Å². The summed E-state index contributed by atoms with van der Waals surface area (Å²) >= 11 is 0. The molecule has 0 radical (unpaired) electrons. The van der Waals surface area contributed by atoms with Crippen LogP contribution in [0.5, 0.6) is 0 Å². The third-order valence-electron chi connectivity index (χ3n) is 13.8. The minimum Gasteiger partial charge on any atom is -0.0619 e. The Morgan fingerprint density at radius 2 is 0.793 bits per heavy atom. The number of hydrogen-bond donors (Lipinski definition) is 0. The van der Waals surface area contributed by atoms with Gasteiger partial charge in [-0.3, -0.25) is 0 Å². The monoisotopic (exact) mass is 738 g/mol. The molecule has 0 atom stereocenters. The number of benzene rings is 10. The number of hydrogen-bond acceptors (Lipinski definition) is 0. The standard InChI is InChI=1S/C58H42/c1-57(2)52-19-10-9-17-46(52)50-33-51-49-31-41(26-27-53(49)58(3,4)55(51)34-54(50)57)37-14-11-13-36(28-37)38-21-22-40-30-42(24-23-39(40)29-38)48-32-43-25-20-35-12-5-6-15-44(35)56(43)47-18-8-7-16-45(47)48/h5-34H,1-4H3. The molecular weight excluding hydrogens is 697 g/mol. The fraction of sp³-hybridized carbons (Fsp3) is 0.103. The predicted molar refractivity (Wildman–Crippen MR) is 248 cm³/mol. The van der Waals surface area contributed by atoms with Gasteiger partial charge >= 0.3 is 0 Å². The summed E-state index contributed by atoms with van der Waals surface area (Å²) in [5.41, 5.74) is 18.6. The zero-order chi connectivity index (χ0) is 38.9. The van der Waals surface area contributed by atoms with Crippen molar-refractivity contribution in [2.24, 2.45) is 0 Å². The molecule has 10 aromatic carbocycles. The van der Waals surface area contributed by atoms with Crippen molar-refractivity contribution in [1.29, 1.82) is 0 Å². The summed E-state index contributed by atoms with van der Waals surface area (Å²) < 4.78 is 0. The Morgan fingerprint density at radius 1 is 0.259 bits per heavy atom. The number of rotatable bonds is 3. The van der Waals surface area contributed by atoms with Gasteiger partial charge in [-0.05, 0) is 157 Å². The lowest BCUT2D eigenvalue weighted by Crippen LogP contribution is -2.18. The molecule has 58 heavy (non-hydrogen) atoms. The molecule has 2 aliphatic carbocycles. The molecule has 12 rings (SSSR count). The Morgan fingerprint density at radius 3 is 1.59 bits per heavy atom. The fourth-order valence-corrected chi connectivity index (χ4v) is 10.7. The van der Waals surface area contributed by atoms with Crippen LogP contribution in [-0.2, 0) is 10.8 Å². The van der Waals surface area contributed by atoms with Crippen molar-refractivity contribution in [2.75, 3.05) is 0 Å². The summed E-state index contributed by atoms with van der Waals surface area (Å²) in [6, 6.07) is 68.7. The van der Waals surface area contributed by atoms with E-state index in [1.165, 1.54) is 121 Å². The fourth-order valence-electron chi connectivity index (χ4n) is 10.7. The second-order valence-corrected chi connectivity index (χ2v) is 17.7. The topological polar surface area (TPSA) is 0 Å². The van der Waals surface area contributed by atoms with E-state index in [1.54, 1.807) is 0 Å². The van der Waals surface area contributed by atoms with Crippen molar-refractivity contribution in [2.45, 2.75) is 38.5 Å². The Balaban J connectivity index is 0.911. The highest BCUT2D eigenvalue weighted by molar-refractivity contribution is 6.23. The molecule has 0 heteroatoms. The Bertz CT molecular complexity index is 3390. The second kappa shape index (κ2) is 11.9. The molecular formula is C58H42. The van der Waals surface area contributed by atoms with Gasteiger partial charge in [0.05, 0.1) is 0 Å². The Kier molecular flexibility index (Phi) is 6.84. The van der Waals surface area contributed by atoms with Crippen LogP contribution >= 0.6 is 0 Å². The first-order valence-corrected chi connectivity index (χ1v) is 20.7. The van der Waals surface area contributed by atoms with E-state index in [4.69, 9.17) is 0 Å². The summed E-state index contributed by atoms with van der Waals surface area (Å²) in [7, 11) is 0. The zero-order valence-electron chi connectivity index (χ0n) is 33.3. The van der Waals surface area contributed by atoms with E-state index in [2.05, 4.69) is 210 Å². The third-order valence-corrected chi connectivity index (χ3v) is 13.8. The molecule has 0 heterocycles. The molecule has 0 aromatic heterocycles. The molecule has 0 bridgehead atoms. The van der Waals surface area contributed by atoms with Crippen molar-refractivity contribution in [3.8, 4) is 55.6 Å². The van der Waals surface area contributed by atoms with Crippen molar-refractivity contribution in [3.05, 3.63) is 204 Å². The van der Waals surface area contributed by atoms with E-state index in [0.29, 0.717) is 0 Å². The highest BCUT2D eigenvalue weighted by Crippen LogP contribution is 2.56. The van der Waals surface area contributed by atoms with Crippen LogP contribution in [0, 0.1) is 0 Å². The van der Waals surface area contributed by atoms with Gasteiger partial charge in [0.25, 0.3) is 0 Å². The molecule has 0 amide bonds. The van der Waals surface area contributed by atoms with E-state index in [0.717, 1.165) is 0 Å². The van der Waals surface area contributed by atoms with Gasteiger partial charge in [0.1, 0.15) is 0 Å². The molecule has 0 N–H and O–H groups in total. The number of fused-ring (bicyclic) bond motifs is 12. The zero-order valence-corrected chi connectivity index (χ0v) is 33.3. The Labute approximate surface area is 340 Å². The minimum absolute atomic E-state index is 0.00928. The van der Waals surface area contributed by atoms with Crippen LogP contribution in [0.15, 0.2) is 182 Å². The second-order valence-electron chi connectivity index (χ2n) is 17.7. The predicted octanol–water partition coefficient (Wildman–Crippen LogP) is 15.9. The summed E-state index contributed by atoms with van der Waals surface area (Å²) in [6.07, 6.45) is 0. The molecule has 0 aliphatic heterocycles. The van der Waals surface area contributed by atoms with Crippen molar-refractivity contribution in [1.82, 2.24) is 0 Å². The Hall–Kier alpha value is -6.76. The van der Waals surface area contributed by atoms with E-state index in [1.807, 2.05) is 0 Å². The van der Waals surface area contributed by atoms with E-state index >= 15 is 0 Å². The van der Waals surface area contributed by atoms with Crippen LogP contribution in [0.25, 0.3) is 98.7 Å². The minimum atomic E-state index is -0.0633. The van der Waals surface area contributed by atoms with Gasteiger partial charge in [0, 0.05) is 10.8 Å². The summed E-state index contributed by atoms with van der Waals surface area (Å²) in [5, 5.41) is 10.3. The summed E-state index contributed by atoms with van der Waals surface area (Å²) in [5.74, 6) is 0. The maximum absolute atomic E-state index is 2.53. The van der Waals surface area contributed by atoms with Crippen LogP contribution < -0.4 is 0 Å². The van der Waals surface area contributed by atoms with Crippen LogP contribution in [0.1, 0.15) is 49.9 Å². The lowest BCUT2D eigenvalue weighted by molar-refractivity contribution is 0.639. The molecule has 0 fully saturated rings. The molecule has 2 aliphatic rings. The smallest absolute Gasteiger partial charge is 0.0158 e. The SMILES string of the molecule is CC1(C)c2ccccc2-c2cc3c(cc21)C(C)(C)c1ccc(-c2cccc(-c4ccc5cc(-c6cc7ccc8ccccc8c7c7ccccc67)ccc5c4)c2)cc1-3. The largest absolute Gasteiger partial charge is 0.0619 e. The average Bonchev–Trinajstić information content (AvgIpc) is 3.63. The van der Waals surface area contributed by atoms with Gasteiger partial charge in [-0.15, -0.1) is 0 Å². The van der Waals surface area contributed by atoms with Crippen molar-refractivity contribution in [3.63, 3.8) is 0 Å². The van der Waals surface area contributed by atoms with Gasteiger partial charge in [0.15, 0.2) is 0 Å². The quantitative estimate of drug-likeness (QED) is 0.158. The lowest BCUT2D eigenvalue weighted by Gasteiger charge is -2.25. The first kappa shape index (κ1) is 33.4. The van der Waals surface area contributed by atoms with Crippen molar-refractivity contribution >= 4 is 43.1 Å². The van der Waals surface area contributed by atoms with Gasteiger partial charge in [-0.1, -0.05) is 173 Å².